The van der Waals surface area contributed by atoms with E-state index in [0.717, 1.165) is 22.4 Å². The minimum atomic E-state index is -4.57. The molecule has 0 aliphatic rings. The number of pyridine rings is 1. The molecule has 0 unspecified atom stereocenters. The highest BCUT2D eigenvalue weighted by molar-refractivity contribution is 5.90. The molecule has 5 nitrogen and oxygen atoms in total. The number of nitrogens with two attached hydrogens (primary N) is 1. The summed E-state index contributed by atoms with van der Waals surface area (Å²) < 4.78 is 42.1. The lowest BCUT2D eigenvalue weighted by Gasteiger charge is -2.16. The number of rotatable bonds is 2. The molecule has 31 heavy (non-hydrogen) atoms. The fraction of sp³-hybridized carbons (Fsp3) is 0.0870. The van der Waals surface area contributed by atoms with Crippen molar-refractivity contribution in [1.82, 2.24) is 19.4 Å². The second-order valence-corrected chi connectivity index (χ2v) is 7.26. The maximum absolute atomic E-state index is 13.5. The second kappa shape index (κ2) is 6.80. The Morgan fingerprint density at radius 1 is 0.903 bits per heavy atom. The van der Waals surface area contributed by atoms with E-state index in [1.807, 2.05) is 42.5 Å². The summed E-state index contributed by atoms with van der Waals surface area (Å²) in [5.74, 6) is 0.193. The van der Waals surface area contributed by atoms with E-state index in [-0.39, 0.29) is 11.5 Å². The fourth-order valence-electron chi connectivity index (χ4n) is 3.78. The molecule has 2 aromatic carbocycles. The molecule has 0 aliphatic heterocycles. The number of fused-ring (bicyclic) bond motifs is 2. The van der Waals surface area contributed by atoms with Gasteiger partial charge < -0.3 is 5.73 Å². The Morgan fingerprint density at radius 3 is 2.45 bits per heavy atom. The quantitative estimate of drug-likeness (QED) is 0.409. The van der Waals surface area contributed by atoms with Gasteiger partial charge in [0, 0.05) is 29.2 Å². The van der Waals surface area contributed by atoms with Crippen molar-refractivity contribution < 1.29 is 13.2 Å². The molecule has 8 heteroatoms. The van der Waals surface area contributed by atoms with Crippen LogP contribution in [0.5, 0.6) is 0 Å². The summed E-state index contributed by atoms with van der Waals surface area (Å²) in [5, 5.41) is 2.03. The maximum atomic E-state index is 13.5. The Balaban J connectivity index is 1.85. The van der Waals surface area contributed by atoms with Crippen LogP contribution in [0.15, 0.2) is 67.0 Å². The Kier molecular flexibility index (Phi) is 4.18. The first-order chi connectivity index (χ1) is 14.8. The predicted octanol–water partition coefficient (Wildman–Crippen LogP) is 5.52. The van der Waals surface area contributed by atoms with E-state index in [9.17, 15) is 13.2 Å². The van der Waals surface area contributed by atoms with E-state index >= 15 is 0 Å². The van der Waals surface area contributed by atoms with Crippen molar-refractivity contribution in [2.24, 2.45) is 0 Å². The summed E-state index contributed by atoms with van der Waals surface area (Å²) >= 11 is 0. The van der Waals surface area contributed by atoms with Crippen LogP contribution in [0.2, 0.25) is 0 Å². The Labute approximate surface area is 175 Å². The van der Waals surface area contributed by atoms with E-state index in [2.05, 4.69) is 15.0 Å². The molecule has 0 atom stereocenters. The van der Waals surface area contributed by atoms with Crippen LogP contribution in [-0.4, -0.2) is 19.4 Å². The molecule has 2 N–H and O–H groups in total. The molecule has 0 aliphatic carbocycles. The minimum Gasteiger partial charge on any atom is -0.381 e. The molecule has 0 saturated heterocycles. The van der Waals surface area contributed by atoms with Gasteiger partial charge in [0.1, 0.15) is 5.69 Å². The number of nitrogens with zero attached hydrogens (tertiary/aromatic N) is 4. The number of hydrogen-bond donors (Lipinski definition) is 1. The molecule has 3 aromatic heterocycles. The van der Waals surface area contributed by atoms with Crippen LogP contribution in [0.25, 0.3) is 38.9 Å². The summed E-state index contributed by atoms with van der Waals surface area (Å²) in [6, 6.07) is 16.2. The van der Waals surface area contributed by atoms with Gasteiger partial charge >= 0.3 is 6.18 Å². The first-order valence-electron chi connectivity index (χ1n) is 9.49. The highest BCUT2D eigenvalue weighted by atomic mass is 19.4. The molecule has 0 radical (unpaired) electrons. The normalized spacial score (nSPS) is 12.0. The van der Waals surface area contributed by atoms with Gasteiger partial charge in [-0.05, 0) is 35.9 Å². The van der Waals surface area contributed by atoms with Crippen molar-refractivity contribution in [3.8, 4) is 22.5 Å². The van der Waals surface area contributed by atoms with Crippen LogP contribution < -0.4 is 5.73 Å². The van der Waals surface area contributed by atoms with Gasteiger partial charge in [0.2, 0.25) is 0 Å². The van der Waals surface area contributed by atoms with Gasteiger partial charge in [-0.15, -0.1) is 0 Å². The average Bonchev–Trinajstić information content (AvgIpc) is 3.22. The van der Waals surface area contributed by atoms with E-state index in [1.165, 1.54) is 6.92 Å². The van der Waals surface area contributed by atoms with Crippen LogP contribution in [0.3, 0.4) is 0 Å². The lowest BCUT2D eigenvalue weighted by atomic mass is 10.00. The third kappa shape index (κ3) is 3.26. The fourth-order valence-corrected chi connectivity index (χ4v) is 3.78. The Morgan fingerprint density at radius 2 is 1.68 bits per heavy atom. The second-order valence-electron chi connectivity index (χ2n) is 7.26. The van der Waals surface area contributed by atoms with Gasteiger partial charge in [-0.2, -0.15) is 13.2 Å². The smallest absolute Gasteiger partial charge is 0.381 e. The minimum absolute atomic E-state index is 0.193. The van der Waals surface area contributed by atoms with Crippen molar-refractivity contribution in [3.05, 3.63) is 78.4 Å². The van der Waals surface area contributed by atoms with Crippen molar-refractivity contribution in [3.63, 3.8) is 0 Å². The summed E-state index contributed by atoms with van der Waals surface area (Å²) in [5.41, 5.74) is 7.80. The molecular weight excluding hydrogens is 403 g/mol. The zero-order chi connectivity index (χ0) is 21.8. The number of alkyl halides is 3. The Hall–Kier alpha value is -3.94. The number of aryl methyl sites for hydroxylation is 1. The molecule has 5 aromatic rings. The molecule has 0 amide bonds. The number of benzene rings is 2. The molecule has 5 rings (SSSR count). The number of anilines is 1. The van der Waals surface area contributed by atoms with Gasteiger partial charge in [0.05, 0.1) is 11.4 Å². The lowest BCUT2D eigenvalue weighted by molar-refractivity contribution is -0.141. The maximum Gasteiger partial charge on any atom is 0.433 e. The molecule has 0 fully saturated rings. The number of halogens is 3. The molecule has 0 spiro atoms. The summed E-state index contributed by atoms with van der Waals surface area (Å²) in [6.45, 7) is 1.53. The van der Waals surface area contributed by atoms with E-state index in [4.69, 9.17) is 5.73 Å². The third-order valence-electron chi connectivity index (χ3n) is 5.11. The van der Waals surface area contributed by atoms with Crippen molar-refractivity contribution in [1.29, 1.82) is 0 Å². The Bertz CT molecular complexity index is 1450. The van der Waals surface area contributed by atoms with Gasteiger partial charge in [-0.25, -0.2) is 15.0 Å². The highest BCUT2D eigenvalue weighted by Gasteiger charge is 2.33. The first kappa shape index (κ1) is 19.0. The standard InChI is InChI=1S/C23H16F3N5/c1-13-10-17(12-18(29-13)23(24,25)26)20-19(30-21(27)22-28-8-9-31(20)22)16-7-6-14-4-2-3-5-15(14)11-16/h2-12H,1H3,(H2,27,30). The highest BCUT2D eigenvalue weighted by Crippen LogP contribution is 2.37. The first-order valence-corrected chi connectivity index (χ1v) is 9.49. The predicted molar refractivity (Wildman–Crippen MR) is 113 cm³/mol. The van der Waals surface area contributed by atoms with Crippen molar-refractivity contribution >= 4 is 22.2 Å². The van der Waals surface area contributed by atoms with Crippen LogP contribution in [0.1, 0.15) is 11.4 Å². The van der Waals surface area contributed by atoms with Gasteiger partial charge in [0.25, 0.3) is 0 Å². The zero-order valence-electron chi connectivity index (χ0n) is 16.4. The molecule has 3 heterocycles. The lowest BCUT2D eigenvalue weighted by Crippen LogP contribution is -2.10. The van der Waals surface area contributed by atoms with Crippen LogP contribution in [0, 0.1) is 6.92 Å². The monoisotopic (exact) mass is 419 g/mol. The summed E-state index contributed by atoms with van der Waals surface area (Å²) in [4.78, 5) is 12.4. The van der Waals surface area contributed by atoms with Gasteiger partial charge in [-0.1, -0.05) is 36.4 Å². The summed E-state index contributed by atoms with van der Waals surface area (Å²) in [6.07, 6.45) is -1.37. The molecule has 0 bridgehead atoms. The third-order valence-corrected chi connectivity index (χ3v) is 5.11. The zero-order valence-corrected chi connectivity index (χ0v) is 16.4. The van der Waals surface area contributed by atoms with E-state index in [1.54, 1.807) is 22.9 Å². The van der Waals surface area contributed by atoms with E-state index in [0.29, 0.717) is 22.6 Å². The van der Waals surface area contributed by atoms with Crippen LogP contribution in [-0.2, 0) is 6.18 Å². The largest absolute Gasteiger partial charge is 0.433 e. The SMILES string of the molecule is Cc1cc(-c2c(-c3ccc4ccccc4c3)nc(N)c3nccn23)cc(C(F)(F)F)n1. The van der Waals surface area contributed by atoms with Crippen LogP contribution >= 0.6 is 0 Å². The van der Waals surface area contributed by atoms with Crippen molar-refractivity contribution in [2.75, 3.05) is 5.73 Å². The van der Waals surface area contributed by atoms with Gasteiger partial charge in [-0.3, -0.25) is 4.40 Å². The molecule has 154 valence electrons. The summed E-state index contributed by atoms with van der Waals surface area (Å²) in [7, 11) is 0. The number of nitrogen functional groups attached to an aromatic ring is 1. The van der Waals surface area contributed by atoms with Crippen molar-refractivity contribution in [2.45, 2.75) is 13.1 Å². The number of hydrogen-bond acceptors (Lipinski definition) is 4. The van der Waals surface area contributed by atoms with Crippen LogP contribution in [0.4, 0.5) is 19.0 Å². The van der Waals surface area contributed by atoms with E-state index < -0.39 is 11.9 Å². The van der Waals surface area contributed by atoms with Gasteiger partial charge in [0.15, 0.2) is 11.5 Å². The topological polar surface area (TPSA) is 69.1 Å². The number of aromatic nitrogens is 4. The molecule has 0 saturated carbocycles. The number of imidazole rings is 1. The average molecular weight is 419 g/mol. The molecular formula is C23H16F3N5.